The summed E-state index contributed by atoms with van der Waals surface area (Å²) in [4.78, 5) is 18.7. The van der Waals surface area contributed by atoms with Crippen LogP contribution in [0.4, 0.5) is 35.5 Å². The standard InChI is InChI=1S/C27H31F7N4O/c1-17-11-21(28)3-4-23(17)24-15-22(37-9-6-35-7-10-37)5-8-38(24)25(39)36(2)16-18-12-19(26(29,30)31)14-20(13-18)27(32,33)34/h3-4,11-14,22,24,35H,5-10,15-16H2,1-2H3/t22?,24-/m1/s1. The summed E-state index contributed by atoms with van der Waals surface area (Å²) >= 11 is 0. The van der Waals surface area contributed by atoms with Crippen LogP contribution in [0, 0.1) is 12.7 Å². The zero-order valence-corrected chi connectivity index (χ0v) is 21.7. The first-order valence-corrected chi connectivity index (χ1v) is 12.7. The fourth-order valence-electron chi connectivity index (χ4n) is 5.53. The Labute approximate surface area is 222 Å². The molecule has 214 valence electrons. The Morgan fingerprint density at radius 1 is 0.974 bits per heavy atom. The third kappa shape index (κ3) is 6.84. The summed E-state index contributed by atoms with van der Waals surface area (Å²) in [5.74, 6) is -0.411. The van der Waals surface area contributed by atoms with Gasteiger partial charge >= 0.3 is 18.4 Å². The number of rotatable bonds is 4. The molecule has 2 aromatic carbocycles. The van der Waals surface area contributed by atoms with E-state index in [1.54, 1.807) is 17.9 Å². The number of nitrogens with zero attached hydrogens (tertiary/aromatic N) is 3. The minimum Gasteiger partial charge on any atom is -0.323 e. The molecular weight excluding hydrogens is 529 g/mol. The molecule has 0 bridgehead atoms. The van der Waals surface area contributed by atoms with E-state index in [9.17, 15) is 35.5 Å². The Morgan fingerprint density at radius 3 is 2.15 bits per heavy atom. The van der Waals surface area contributed by atoms with Crippen molar-refractivity contribution >= 4 is 6.03 Å². The number of aryl methyl sites for hydroxylation is 1. The van der Waals surface area contributed by atoms with Crippen LogP contribution in [-0.2, 0) is 18.9 Å². The molecule has 4 rings (SSSR count). The van der Waals surface area contributed by atoms with Crippen LogP contribution < -0.4 is 5.32 Å². The van der Waals surface area contributed by atoms with Gasteiger partial charge in [0.25, 0.3) is 0 Å². The van der Waals surface area contributed by atoms with E-state index in [1.807, 2.05) is 0 Å². The Hall–Kier alpha value is -2.86. The average molecular weight is 561 g/mol. The second kappa shape index (κ2) is 11.3. The van der Waals surface area contributed by atoms with Crippen LogP contribution >= 0.6 is 0 Å². The smallest absolute Gasteiger partial charge is 0.323 e. The van der Waals surface area contributed by atoms with Crippen molar-refractivity contribution in [2.24, 2.45) is 0 Å². The Morgan fingerprint density at radius 2 is 1.59 bits per heavy atom. The fraction of sp³-hybridized carbons (Fsp3) is 0.519. The van der Waals surface area contributed by atoms with Gasteiger partial charge in [-0.25, -0.2) is 9.18 Å². The number of alkyl halides is 6. The van der Waals surface area contributed by atoms with Gasteiger partial charge in [-0.3, -0.25) is 4.90 Å². The highest BCUT2D eigenvalue weighted by atomic mass is 19.4. The lowest BCUT2D eigenvalue weighted by Crippen LogP contribution is -2.54. The van der Waals surface area contributed by atoms with Crippen molar-refractivity contribution in [2.45, 2.75) is 50.7 Å². The number of benzene rings is 2. The zero-order valence-electron chi connectivity index (χ0n) is 21.7. The molecule has 2 fully saturated rings. The normalized spacial score (nSPS) is 21.2. The van der Waals surface area contributed by atoms with Crippen molar-refractivity contribution in [2.75, 3.05) is 39.8 Å². The van der Waals surface area contributed by atoms with Crippen LogP contribution in [0.15, 0.2) is 36.4 Å². The number of piperidine rings is 1. The maximum atomic E-state index is 13.9. The van der Waals surface area contributed by atoms with E-state index in [4.69, 9.17) is 0 Å². The number of piperazine rings is 1. The summed E-state index contributed by atoms with van der Waals surface area (Å²) in [7, 11) is 1.35. The molecule has 2 heterocycles. The highest BCUT2D eigenvalue weighted by Crippen LogP contribution is 2.38. The Balaban J connectivity index is 1.60. The van der Waals surface area contributed by atoms with Gasteiger partial charge in [-0.05, 0) is 66.8 Å². The Bertz CT molecular complexity index is 1150. The molecule has 0 radical (unpaired) electrons. The molecular formula is C27H31F7N4O. The zero-order chi connectivity index (χ0) is 28.5. The summed E-state index contributed by atoms with van der Waals surface area (Å²) < 4.78 is 93.8. The van der Waals surface area contributed by atoms with Crippen molar-refractivity contribution in [3.8, 4) is 0 Å². The third-order valence-electron chi connectivity index (χ3n) is 7.47. The molecule has 1 unspecified atom stereocenters. The van der Waals surface area contributed by atoms with Crippen molar-refractivity contribution in [1.82, 2.24) is 20.0 Å². The highest BCUT2D eigenvalue weighted by molar-refractivity contribution is 5.75. The van der Waals surface area contributed by atoms with Gasteiger partial charge in [0.05, 0.1) is 17.2 Å². The van der Waals surface area contributed by atoms with E-state index in [0.29, 0.717) is 37.1 Å². The maximum Gasteiger partial charge on any atom is 0.416 e. The van der Waals surface area contributed by atoms with Crippen molar-refractivity contribution in [3.63, 3.8) is 0 Å². The van der Waals surface area contributed by atoms with Crippen LogP contribution in [-0.4, -0.2) is 66.5 Å². The minimum atomic E-state index is -4.98. The van der Waals surface area contributed by atoms with E-state index in [-0.39, 0.29) is 17.7 Å². The van der Waals surface area contributed by atoms with E-state index < -0.39 is 47.9 Å². The minimum absolute atomic E-state index is 0.0690. The predicted molar refractivity (Wildman–Crippen MR) is 131 cm³/mol. The lowest BCUT2D eigenvalue weighted by atomic mass is 9.88. The lowest BCUT2D eigenvalue weighted by Gasteiger charge is -2.46. The molecule has 2 saturated heterocycles. The largest absolute Gasteiger partial charge is 0.416 e. The summed E-state index contributed by atoms with van der Waals surface area (Å²) in [5.41, 5.74) is -1.71. The first-order chi connectivity index (χ1) is 18.2. The van der Waals surface area contributed by atoms with E-state index in [0.717, 1.165) is 36.6 Å². The topological polar surface area (TPSA) is 38.8 Å². The molecule has 0 aliphatic carbocycles. The predicted octanol–water partition coefficient (Wildman–Crippen LogP) is 5.83. The number of carbonyl (C=O) groups is 1. The summed E-state index contributed by atoms with van der Waals surface area (Å²) in [6.07, 6.45) is -8.71. The molecule has 0 aromatic heterocycles. The van der Waals surface area contributed by atoms with Gasteiger partial charge in [0.2, 0.25) is 0 Å². The monoisotopic (exact) mass is 560 g/mol. The van der Waals surface area contributed by atoms with Gasteiger partial charge in [0.1, 0.15) is 5.82 Å². The number of carbonyl (C=O) groups excluding carboxylic acids is 1. The number of hydrogen-bond acceptors (Lipinski definition) is 3. The van der Waals surface area contributed by atoms with Crippen LogP contribution in [0.2, 0.25) is 0 Å². The van der Waals surface area contributed by atoms with Gasteiger partial charge < -0.3 is 15.1 Å². The van der Waals surface area contributed by atoms with Crippen LogP contribution in [0.1, 0.15) is 46.7 Å². The molecule has 2 aliphatic rings. The van der Waals surface area contributed by atoms with Crippen molar-refractivity contribution in [3.05, 3.63) is 70.0 Å². The summed E-state index contributed by atoms with van der Waals surface area (Å²) in [6, 6.07) is 4.91. The van der Waals surface area contributed by atoms with Gasteiger partial charge in [0.15, 0.2) is 0 Å². The van der Waals surface area contributed by atoms with Crippen molar-refractivity contribution in [1.29, 1.82) is 0 Å². The number of urea groups is 1. The molecule has 0 saturated carbocycles. The molecule has 1 N–H and O–H groups in total. The molecule has 2 atom stereocenters. The van der Waals surface area contributed by atoms with E-state index in [2.05, 4.69) is 10.2 Å². The summed E-state index contributed by atoms with van der Waals surface area (Å²) in [6.45, 7) is 5.04. The van der Waals surface area contributed by atoms with Crippen LogP contribution in [0.5, 0.6) is 0 Å². The highest BCUT2D eigenvalue weighted by Gasteiger charge is 2.39. The first kappa shape index (κ1) is 29.1. The number of hydrogen-bond donors (Lipinski definition) is 1. The molecule has 2 amide bonds. The number of halogens is 7. The second-order valence-corrected chi connectivity index (χ2v) is 10.2. The number of amides is 2. The molecule has 0 spiro atoms. The quantitative estimate of drug-likeness (QED) is 0.478. The van der Waals surface area contributed by atoms with Gasteiger partial charge in [-0.2, -0.15) is 26.3 Å². The first-order valence-electron chi connectivity index (χ1n) is 12.7. The van der Waals surface area contributed by atoms with Crippen molar-refractivity contribution < 1.29 is 35.5 Å². The average Bonchev–Trinajstić information content (AvgIpc) is 2.87. The SMILES string of the molecule is Cc1cc(F)ccc1[C@H]1CC(N2CCNCC2)CCN1C(=O)N(C)Cc1cc(C(F)(F)F)cc(C(F)(F)F)c1. The van der Waals surface area contributed by atoms with E-state index >= 15 is 0 Å². The Kier molecular flexibility index (Phi) is 8.46. The van der Waals surface area contributed by atoms with Crippen LogP contribution in [0.3, 0.4) is 0 Å². The molecule has 39 heavy (non-hydrogen) atoms. The van der Waals surface area contributed by atoms with Gasteiger partial charge in [-0.15, -0.1) is 0 Å². The number of likely N-dealkylation sites (tertiary alicyclic amines) is 1. The third-order valence-corrected chi connectivity index (χ3v) is 7.47. The second-order valence-electron chi connectivity index (χ2n) is 10.2. The number of nitrogens with one attached hydrogen (secondary N) is 1. The lowest BCUT2D eigenvalue weighted by molar-refractivity contribution is -0.143. The molecule has 12 heteroatoms. The van der Waals surface area contributed by atoms with Gasteiger partial charge in [0, 0.05) is 52.4 Å². The van der Waals surface area contributed by atoms with Crippen LogP contribution in [0.25, 0.3) is 0 Å². The summed E-state index contributed by atoms with van der Waals surface area (Å²) in [5, 5.41) is 3.31. The fourth-order valence-corrected chi connectivity index (χ4v) is 5.53. The molecule has 5 nitrogen and oxygen atoms in total. The van der Waals surface area contributed by atoms with Gasteiger partial charge in [-0.1, -0.05) is 6.07 Å². The maximum absolute atomic E-state index is 13.9. The molecule has 2 aromatic rings. The van der Waals surface area contributed by atoms with E-state index in [1.165, 1.54) is 19.2 Å². The molecule has 2 aliphatic heterocycles.